The van der Waals surface area contributed by atoms with Gasteiger partial charge in [0, 0.05) is 41.8 Å². The predicted octanol–water partition coefficient (Wildman–Crippen LogP) is 7.67. The maximum atomic E-state index is 12.6. The number of fused-ring (bicyclic) bond motifs is 3. The Morgan fingerprint density at radius 2 is 1.84 bits per heavy atom. The molecule has 1 N–H and O–H groups in total. The standard InChI is InChI=1S/C33H29N3O2/c1-3-4-8-18-35-21-24(30-22(2)11-10-14-27(30)35)20-28-32(34-29-15-7-9-19-36(28)29)26-17-16-23-12-5-6-13-25(23)31(26)33(37)38/h3-7,9-17,19,21H,8,18,20H2,1-2H3,(H,37,38)/b4-3-. The number of carboxylic acids is 1. The molecule has 188 valence electrons. The van der Waals surface area contributed by atoms with Gasteiger partial charge in [-0.3, -0.25) is 0 Å². The van der Waals surface area contributed by atoms with Crippen molar-refractivity contribution in [2.24, 2.45) is 0 Å². The minimum absolute atomic E-state index is 0.290. The van der Waals surface area contributed by atoms with Crippen molar-refractivity contribution in [1.82, 2.24) is 14.0 Å². The third-order valence-corrected chi connectivity index (χ3v) is 7.35. The molecular weight excluding hydrogens is 470 g/mol. The van der Waals surface area contributed by atoms with E-state index >= 15 is 0 Å². The van der Waals surface area contributed by atoms with Crippen molar-refractivity contribution in [3.63, 3.8) is 0 Å². The lowest BCUT2D eigenvalue weighted by atomic mass is 9.94. The minimum Gasteiger partial charge on any atom is -0.478 e. The van der Waals surface area contributed by atoms with Gasteiger partial charge < -0.3 is 14.1 Å². The van der Waals surface area contributed by atoms with Crippen LogP contribution in [0.25, 0.3) is 38.6 Å². The second-order valence-corrected chi connectivity index (χ2v) is 9.70. The Labute approximate surface area is 221 Å². The van der Waals surface area contributed by atoms with Crippen LogP contribution in [0.4, 0.5) is 0 Å². The van der Waals surface area contributed by atoms with E-state index in [1.54, 1.807) is 0 Å². The molecular formula is C33H29N3O2. The van der Waals surface area contributed by atoms with Gasteiger partial charge in [-0.15, -0.1) is 0 Å². The zero-order chi connectivity index (χ0) is 26.2. The molecule has 0 amide bonds. The lowest BCUT2D eigenvalue weighted by Crippen LogP contribution is -2.03. The molecule has 6 rings (SSSR count). The first-order valence-corrected chi connectivity index (χ1v) is 13.0. The van der Waals surface area contributed by atoms with Crippen LogP contribution in [0.15, 0.2) is 97.3 Å². The Balaban J connectivity index is 1.58. The third kappa shape index (κ3) is 3.97. The molecule has 38 heavy (non-hydrogen) atoms. The normalized spacial score (nSPS) is 11.8. The Hall–Kier alpha value is -4.64. The first-order valence-electron chi connectivity index (χ1n) is 13.0. The SMILES string of the molecule is C/C=C\CCn1cc(Cc2c(-c3ccc4ccccc4c3C(=O)O)nc3ccccn23)c2c(C)cccc21. The summed E-state index contributed by atoms with van der Waals surface area (Å²) in [6.07, 6.45) is 10.1. The number of aromatic nitrogens is 3. The van der Waals surface area contributed by atoms with E-state index in [4.69, 9.17) is 4.98 Å². The predicted molar refractivity (Wildman–Crippen MR) is 154 cm³/mol. The number of carbonyl (C=O) groups is 1. The van der Waals surface area contributed by atoms with Gasteiger partial charge in [-0.2, -0.15) is 0 Å². The van der Waals surface area contributed by atoms with E-state index in [1.807, 2.05) is 67.7 Å². The van der Waals surface area contributed by atoms with Crippen LogP contribution in [0.2, 0.25) is 0 Å². The van der Waals surface area contributed by atoms with Crippen molar-refractivity contribution in [1.29, 1.82) is 0 Å². The number of aromatic carboxylic acids is 1. The topological polar surface area (TPSA) is 59.5 Å². The largest absolute Gasteiger partial charge is 0.478 e. The van der Waals surface area contributed by atoms with Gasteiger partial charge in [0.25, 0.3) is 0 Å². The number of imidazole rings is 1. The summed E-state index contributed by atoms with van der Waals surface area (Å²) in [7, 11) is 0. The minimum atomic E-state index is -0.948. The Kier molecular flexibility index (Phi) is 6.04. The molecule has 0 bridgehead atoms. The lowest BCUT2D eigenvalue weighted by Gasteiger charge is -2.11. The quantitative estimate of drug-likeness (QED) is 0.229. The van der Waals surface area contributed by atoms with Crippen LogP contribution in [0.1, 0.15) is 40.5 Å². The lowest BCUT2D eigenvalue weighted by molar-refractivity contribution is 0.0700. The van der Waals surface area contributed by atoms with E-state index in [0.717, 1.165) is 35.1 Å². The number of carboxylic acid groups (broad SMARTS) is 1. The molecule has 0 saturated carbocycles. The van der Waals surface area contributed by atoms with Crippen molar-refractivity contribution < 1.29 is 9.90 Å². The average Bonchev–Trinajstić information content (AvgIpc) is 3.47. The zero-order valence-electron chi connectivity index (χ0n) is 21.6. The highest BCUT2D eigenvalue weighted by atomic mass is 16.4. The molecule has 3 aromatic carbocycles. The molecule has 6 aromatic rings. The zero-order valence-corrected chi connectivity index (χ0v) is 21.6. The molecule has 5 heteroatoms. The second kappa shape index (κ2) is 9.67. The van der Waals surface area contributed by atoms with Crippen molar-refractivity contribution in [2.75, 3.05) is 0 Å². The van der Waals surface area contributed by atoms with Gasteiger partial charge in [0.05, 0.1) is 17.0 Å². The number of nitrogens with zero attached hydrogens (tertiary/aromatic N) is 3. The summed E-state index contributed by atoms with van der Waals surface area (Å²) in [6.45, 7) is 5.11. The molecule has 0 saturated heterocycles. The number of rotatable bonds is 7. The van der Waals surface area contributed by atoms with E-state index < -0.39 is 5.97 Å². The molecule has 0 aliphatic heterocycles. The first kappa shape index (κ1) is 23.7. The number of hydrogen-bond acceptors (Lipinski definition) is 2. The molecule has 0 spiro atoms. The van der Waals surface area contributed by atoms with Gasteiger partial charge in [0.2, 0.25) is 0 Å². The maximum absolute atomic E-state index is 12.6. The molecule has 3 heterocycles. The monoisotopic (exact) mass is 499 g/mol. The summed E-state index contributed by atoms with van der Waals surface area (Å²) in [6, 6.07) is 23.9. The molecule has 0 aliphatic rings. The van der Waals surface area contributed by atoms with Crippen LogP contribution in [0.5, 0.6) is 0 Å². The van der Waals surface area contributed by atoms with E-state index in [1.165, 1.54) is 22.0 Å². The summed E-state index contributed by atoms with van der Waals surface area (Å²) >= 11 is 0. The summed E-state index contributed by atoms with van der Waals surface area (Å²) < 4.78 is 4.43. The first-order chi connectivity index (χ1) is 18.6. The summed E-state index contributed by atoms with van der Waals surface area (Å²) in [5, 5.41) is 13.2. The van der Waals surface area contributed by atoms with Gasteiger partial charge in [-0.25, -0.2) is 9.78 Å². The molecule has 0 fully saturated rings. The molecule has 0 aliphatic carbocycles. The van der Waals surface area contributed by atoms with Crippen LogP contribution in [0, 0.1) is 6.92 Å². The van der Waals surface area contributed by atoms with Crippen molar-refractivity contribution in [2.45, 2.75) is 33.2 Å². The fraction of sp³-hybridized carbons (Fsp3) is 0.152. The van der Waals surface area contributed by atoms with E-state index in [2.05, 4.69) is 52.4 Å². The highest BCUT2D eigenvalue weighted by Crippen LogP contribution is 2.35. The van der Waals surface area contributed by atoms with E-state index in [0.29, 0.717) is 17.7 Å². The highest BCUT2D eigenvalue weighted by molar-refractivity contribution is 6.09. The van der Waals surface area contributed by atoms with Gasteiger partial charge >= 0.3 is 5.97 Å². The molecule has 0 radical (unpaired) electrons. The van der Waals surface area contributed by atoms with Crippen LogP contribution < -0.4 is 0 Å². The average molecular weight is 500 g/mol. The molecule has 0 unspecified atom stereocenters. The fourth-order valence-electron chi connectivity index (χ4n) is 5.64. The molecule has 3 aromatic heterocycles. The molecule has 5 nitrogen and oxygen atoms in total. The fourth-order valence-corrected chi connectivity index (χ4v) is 5.64. The maximum Gasteiger partial charge on any atom is 0.337 e. The number of allylic oxidation sites excluding steroid dienone is 2. The smallest absolute Gasteiger partial charge is 0.337 e. The van der Waals surface area contributed by atoms with Crippen LogP contribution in [-0.4, -0.2) is 25.0 Å². The highest BCUT2D eigenvalue weighted by Gasteiger charge is 2.23. The number of aryl methyl sites for hydroxylation is 2. The van der Waals surface area contributed by atoms with E-state index in [9.17, 15) is 9.90 Å². The van der Waals surface area contributed by atoms with Gasteiger partial charge in [-0.05, 0) is 60.4 Å². The number of pyridine rings is 1. The summed E-state index contributed by atoms with van der Waals surface area (Å²) in [5.41, 5.74) is 7.09. The van der Waals surface area contributed by atoms with Crippen LogP contribution in [-0.2, 0) is 13.0 Å². The number of benzene rings is 3. The van der Waals surface area contributed by atoms with Gasteiger partial charge in [0.15, 0.2) is 0 Å². The van der Waals surface area contributed by atoms with Gasteiger partial charge in [-0.1, -0.05) is 66.7 Å². The summed E-state index contributed by atoms with van der Waals surface area (Å²) in [4.78, 5) is 17.6. The Morgan fingerprint density at radius 1 is 1.00 bits per heavy atom. The molecule has 0 atom stereocenters. The van der Waals surface area contributed by atoms with Crippen LogP contribution in [0.3, 0.4) is 0 Å². The third-order valence-electron chi connectivity index (χ3n) is 7.35. The number of hydrogen-bond donors (Lipinski definition) is 1. The van der Waals surface area contributed by atoms with Crippen molar-refractivity contribution in [3.05, 3.63) is 120 Å². The van der Waals surface area contributed by atoms with Gasteiger partial charge in [0.1, 0.15) is 5.65 Å². The van der Waals surface area contributed by atoms with E-state index in [-0.39, 0.29) is 5.56 Å². The summed E-state index contributed by atoms with van der Waals surface area (Å²) in [5.74, 6) is -0.948. The Bertz CT molecular complexity index is 1860. The second-order valence-electron chi connectivity index (χ2n) is 9.70. The Morgan fingerprint density at radius 3 is 2.68 bits per heavy atom. The van der Waals surface area contributed by atoms with Crippen molar-refractivity contribution in [3.8, 4) is 11.3 Å². The van der Waals surface area contributed by atoms with Crippen molar-refractivity contribution >= 4 is 33.3 Å². The van der Waals surface area contributed by atoms with Crippen LogP contribution >= 0.6 is 0 Å².